The number of nitrogens with zero attached hydrogens (tertiary/aromatic N) is 2. The number of rotatable bonds is 6. The minimum absolute atomic E-state index is 0.247. The van der Waals surface area contributed by atoms with Crippen LogP contribution in [0.5, 0.6) is 5.75 Å². The summed E-state index contributed by atoms with van der Waals surface area (Å²) in [7, 11) is 2.11. The normalized spacial score (nSPS) is 18.0. The van der Waals surface area contributed by atoms with Crippen molar-refractivity contribution in [1.29, 1.82) is 0 Å². The second-order valence-corrected chi connectivity index (χ2v) is 7.01. The van der Waals surface area contributed by atoms with Crippen LogP contribution in [0.4, 0.5) is 0 Å². The summed E-state index contributed by atoms with van der Waals surface area (Å²) >= 11 is 3.48. The highest BCUT2D eigenvalue weighted by Crippen LogP contribution is 2.29. The molecule has 0 saturated carbocycles. The zero-order valence-electron chi connectivity index (χ0n) is 13.5. The van der Waals surface area contributed by atoms with Crippen molar-refractivity contribution in [3.63, 3.8) is 0 Å². The van der Waals surface area contributed by atoms with Gasteiger partial charge in [-0.2, -0.15) is 0 Å². The SMILES string of the molecule is CC(NCc1cc(Br)cc(CN2CCN(C)CC2)c1O)C(=O)O. The predicted molar refractivity (Wildman–Crippen MR) is 92.5 cm³/mol. The number of carbonyl (C=O) groups is 1. The molecule has 0 amide bonds. The molecule has 1 unspecified atom stereocenters. The van der Waals surface area contributed by atoms with Crippen LogP contribution >= 0.6 is 15.9 Å². The maximum atomic E-state index is 10.9. The van der Waals surface area contributed by atoms with Gasteiger partial charge in [0.1, 0.15) is 11.8 Å². The van der Waals surface area contributed by atoms with E-state index >= 15 is 0 Å². The van der Waals surface area contributed by atoms with Crippen molar-refractivity contribution >= 4 is 21.9 Å². The first kappa shape index (κ1) is 18.2. The lowest BCUT2D eigenvalue weighted by molar-refractivity contribution is -0.139. The molecular weight excluding hydrogens is 362 g/mol. The zero-order chi connectivity index (χ0) is 17.0. The minimum atomic E-state index is -0.905. The monoisotopic (exact) mass is 385 g/mol. The number of carboxylic acid groups (broad SMARTS) is 1. The van der Waals surface area contributed by atoms with Gasteiger partial charge in [0.05, 0.1) is 0 Å². The number of hydrogen-bond donors (Lipinski definition) is 3. The van der Waals surface area contributed by atoms with Gasteiger partial charge in [-0.3, -0.25) is 9.69 Å². The second kappa shape index (κ2) is 8.10. The van der Waals surface area contributed by atoms with Crippen LogP contribution in [0.15, 0.2) is 16.6 Å². The first-order valence-corrected chi connectivity index (χ1v) is 8.53. The lowest BCUT2D eigenvalue weighted by Gasteiger charge is -2.32. The number of hydrogen-bond acceptors (Lipinski definition) is 5. The Morgan fingerprint density at radius 1 is 1.30 bits per heavy atom. The van der Waals surface area contributed by atoms with E-state index in [4.69, 9.17) is 5.11 Å². The number of phenolic OH excluding ortho intramolecular Hbond substituents is 1. The van der Waals surface area contributed by atoms with Crippen LogP contribution in [0.2, 0.25) is 0 Å². The fourth-order valence-corrected chi connectivity index (χ4v) is 3.12. The van der Waals surface area contributed by atoms with E-state index < -0.39 is 12.0 Å². The Labute approximate surface area is 145 Å². The number of halogens is 1. The molecule has 2 rings (SSSR count). The first-order chi connectivity index (χ1) is 10.9. The standard InChI is InChI=1S/C16H24BrN3O3/c1-11(16(22)23)18-9-12-7-14(17)8-13(15(12)21)10-20-5-3-19(2)4-6-20/h7-8,11,18,21H,3-6,9-10H2,1-2H3,(H,22,23). The summed E-state index contributed by atoms with van der Waals surface area (Å²) in [5, 5.41) is 22.3. The highest BCUT2D eigenvalue weighted by atomic mass is 79.9. The lowest BCUT2D eigenvalue weighted by Crippen LogP contribution is -2.43. The van der Waals surface area contributed by atoms with E-state index in [9.17, 15) is 9.90 Å². The van der Waals surface area contributed by atoms with Crippen molar-refractivity contribution in [1.82, 2.24) is 15.1 Å². The molecule has 0 aromatic heterocycles. The van der Waals surface area contributed by atoms with Crippen molar-refractivity contribution in [2.24, 2.45) is 0 Å². The first-order valence-electron chi connectivity index (χ1n) is 7.74. The average Bonchev–Trinajstić information content (AvgIpc) is 2.50. The third kappa shape index (κ3) is 5.17. The van der Waals surface area contributed by atoms with Gasteiger partial charge in [0.15, 0.2) is 0 Å². The minimum Gasteiger partial charge on any atom is -0.507 e. The Morgan fingerprint density at radius 3 is 2.52 bits per heavy atom. The number of aliphatic carboxylic acids is 1. The molecule has 1 aromatic carbocycles. The quantitative estimate of drug-likeness (QED) is 0.688. The van der Waals surface area contributed by atoms with E-state index in [0.29, 0.717) is 18.7 Å². The van der Waals surface area contributed by atoms with Crippen LogP contribution in [0.3, 0.4) is 0 Å². The Hall–Kier alpha value is -1.15. The summed E-state index contributed by atoms with van der Waals surface area (Å²) in [4.78, 5) is 15.5. The van der Waals surface area contributed by atoms with E-state index in [2.05, 4.69) is 38.1 Å². The third-order valence-electron chi connectivity index (χ3n) is 4.19. The number of benzene rings is 1. The summed E-state index contributed by atoms with van der Waals surface area (Å²) in [6.45, 7) is 6.61. The lowest BCUT2D eigenvalue weighted by atomic mass is 10.1. The van der Waals surface area contributed by atoms with Crippen molar-refractivity contribution in [2.75, 3.05) is 33.2 Å². The molecule has 0 aliphatic carbocycles. The van der Waals surface area contributed by atoms with Gasteiger partial charge in [0, 0.05) is 54.9 Å². The molecule has 0 radical (unpaired) electrons. The molecule has 3 N–H and O–H groups in total. The number of nitrogens with one attached hydrogen (secondary N) is 1. The van der Waals surface area contributed by atoms with E-state index in [1.165, 1.54) is 0 Å². The smallest absolute Gasteiger partial charge is 0.320 e. The molecule has 0 spiro atoms. The summed E-state index contributed by atoms with van der Waals surface area (Å²) in [5.41, 5.74) is 1.57. The third-order valence-corrected chi connectivity index (χ3v) is 4.65. The Balaban J connectivity index is 2.06. The molecule has 1 heterocycles. The van der Waals surface area contributed by atoms with Gasteiger partial charge in [-0.1, -0.05) is 15.9 Å². The van der Waals surface area contributed by atoms with Gasteiger partial charge >= 0.3 is 5.97 Å². The van der Waals surface area contributed by atoms with Crippen molar-refractivity contribution in [3.8, 4) is 5.75 Å². The molecule has 6 nitrogen and oxygen atoms in total. The van der Waals surface area contributed by atoms with Crippen LogP contribution in [-0.4, -0.2) is 65.3 Å². The molecule has 1 atom stereocenters. The van der Waals surface area contributed by atoms with E-state index in [0.717, 1.165) is 36.2 Å². The maximum absolute atomic E-state index is 10.9. The van der Waals surface area contributed by atoms with Crippen LogP contribution < -0.4 is 5.32 Å². The van der Waals surface area contributed by atoms with E-state index in [-0.39, 0.29) is 5.75 Å². The zero-order valence-corrected chi connectivity index (χ0v) is 15.1. The summed E-state index contributed by atoms with van der Waals surface area (Å²) in [5.74, 6) is -0.658. The molecule has 1 aliphatic heterocycles. The summed E-state index contributed by atoms with van der Waals surface area (Å²) in [6, 6.07) is 3.09. The van der Waals surface area contributed by atoms with Gasteiger partial charge in [-0.25, -0.2) is 0 Å². The fraction of sp³-hybridized carbons (Fsp3) is 0.562. The van der Waals surface area contributed by atoms with Gasteiger partial charge in [0.2, 0.25) is 0 Å². The molecule has 1 saturated heterocycles. The van der Waals surface area contributed by atoms with Crippen molar-refractivity contribution in [3.05, 3.63) is 27.7 Å². The largest absolute Gasteiger partial charge is 0.507 e. The molecule has 1 aromatic rings. The number of phenols is 1. The molecule has 1 fully saturated rings. The van der Waals surface area contributed by atoms with Crippen LogP contribution in [0.25, 0.3) is 0 Å². The summed E-state index contributed by atoms with van der Waals surface area (Å²) < 4.78 is 0.888. The van der Waals surface area contributed by atoms with Gasteiger partial charge < -0.3 is 20.4 Å². The average molecular weight is 386 g/mol. The number of likely N-dealkylation sites (N-methyl/N-ethyl adjacent to an activating group) is 1. The number of piperazine rings is 1. The highest BCUT2D eigenvalue weighted by Gasteiger charge is 2.18. The topological polar surface area (TPSA) is 76.0 Å². The molecule has 23 heavy (non-hydrogen) atoms. The van der Waals surface area contributed by atoms with Crippen LogP contribution in [-0.2, 0) is 17.9 Å². The molecule has 7 heteroatoms. The fourth-order valence-electron chi connectivity index (χ4n) is 2.57. The predicted octanol–water partition coefficient (Wildman–Crippen LogP) is 1.46. The second-order valence-electron chi connectivity index (χ2n) is 6.09. The molecule has 128 valence electrons. The number of aromatic hydroxyl groups is 1. The summed E-state index contributed by atoms with van der Waals surface area (Å²) in [6.07, 6.45) is 0. The Bertz CT molecular complexity index is 560. The van der Waals surface area contributed by atoms with E-state index in [1.54, 1.807) is 6.92 Å². The van der Waals surface area contributed by atoms with Gasteiger partial charge in [-0.05, 0) is 26.1 Å². The molecule has 1 aliphatic rings. The number of carboxylic acids is 1. The Morgan fingerprint density at radius 2 is 1.91 bits per heavy atom. The molecule has 0 bridgehead atoms. The van der Waals surface area contributed by atoms with Crippen LogP contribution in [0.1, 0.15) is 18.1 Å². The van der Waals surface area contributed by atoms with E-state index in [1.807, 2.05) is 12.1 Å². The molecular formula is C16H24BrN3O3. The van der Waals surface area contributed by atoms with Gasteiger partial charge in [0.25, 0.3) is 0 Å². The van der Waals surface area contributed by atoms with Crippen LogP contribution in [0, 0.1) is 0 Å². The maximum Gasteiger partial charge on any atom is 0.320 e. The van der Waals surface area contributed by atoms with Gasteiger partial charge in [-0.15, -0.1) is 0 Å². The Kier molecular flexibility index (Phi) is 6.41. The van der Waals surface area contributed by atoms with Crippen molar-refractivity contribution < 1.29 is 15.0 Å². The van der Waals surface area contributed by atoms with Crippen molar-refractivity contribution in [2.45, 2.75) is 26.1 Å². The highest BCUT2D eigenvalue weighted by molar-refractivity contribution is 9.10.